The zero-order valence-electron chi connectivity index (χ0n) is 8.31. The van der Waals surface area contributed by atoms with Gasteiger partial charge in [0.15, 0.2) is 0 Å². The zero-order chi connectivity index (χ0) is 8.91. The number of unbranched alkanes of at least 4 members (excludes halogenated alkanes) is 1. The maximum absolute atomic E-state index is 5.71. The van der Waals surface area contributed by atoms with E-state index >= 15 is 0 Å². The molecule has 0 fully saturated rings. The molecule has 0 aliphatic heterocycles. The Hall–Kier alpha value is -0.0400. The monoisotopic (exact) mass is 157 g/mol. The van der Waals surface area contributed by atoms with Gasteiger partial charge in [-0.25, -0.2) is 0 Å². The second kappa shape index (κ2) is 4.76. The van der Waals surface area contributed by atoms with E-state index in [-0.39, 0.29) is 5.60 Å². The average molecular weight is 157 g/mol. The molecule has 1 heteroatoms. The molecule has 0 saturated heterocycles. The summed E-state index contributed by atoms with van der Waals surface area (Å²) in [5.41, 5.74) is 0.000582. The van der Waals surface area contributed by atoms with E-state index in [1.54, 1.807) is 0 Å². The van der Waals surface area contributed by atoms with Crippen LogP contribution in [0.15, 0.2) is 0 Å². The highest BCUT2D eigenvalue weighted by Gasteiger charge is 2.14. The topological polar surface area (TPSA) is 9.23 Å². The van der Waals surface area contributed by atoms with Crippen LogP contribution in [0.3, 0.4) is 0 Å². The molecule has 0 bridgehead atoms. The van der Waals surface area contributed by atoms with Gasteiger partial charge in [0.1, 0.15) is 0 Å². The number of hydrogen-bond acceptors (Lipinski definition) is 1. The van der Waals surface area contributed by atoms with Crippen molar-refractivity contribution in [1.29, 1.82) is 0 Å². The van der Waals surface area contributed by atoms with Crippen LogP contribution in [-0.4, -0.2) is 11.7 Å². The molecule has 0 aromatic carbocycles. The van der Waals surface area contributed by atoms with Crippen molar-refractivity contribution < 1.29 is 4.74 Å². The summed E-state index contributed by atoms with van der Waals surface area (Å²) in [5, 5.41) is 0. The second-order valence-corrected chi connectivity index (χ2v) is 4.04. The van der Waals surface area contributed by atoms with Crippen molar-refractivity contribution in [2.75, 3.05) is 0 Å². The van der Waals surface area contributed by atoms with Gasteiger partial charge in [0.05, 0.1) is 11.7 Å². The summed E-state index contributed by atoms with van der Waals surface area (Å²) in [4.78, 5) is 0. The lowest BCUT2D eigenvalue weighted by Crippen LogP contribution is -2.25. The molecule has 0 N–H and O–H groups in total. The Labute approximate surface area is 71.1 Å². The van der Waals surface area contributed by atoms with Crippen molar-refractivity contribution in [2.45, 2.75) is 58.7 Å². The van der Waals surface area contributed by atoms with Gasteiger partial charge < -0.3 is 4.74 Å². The molecule has 0 spiro atoms. The Morgan fingerprint density at radius 1 is 1.36 bits per heavy atom. The van der Waals surface area contributed by atoms with Crippen molar-refractivity contribution in [3.8, 4) is 0 Å². The molecule has 0 aliphatic rings. The van der Waals surface area contributed by atoms with Crippen LogP contribution in [0.1, 0.15) is 47.0 Å². The van der Waals surface area contributed by atoms with Crippen LogP contribution >= 0.6 is 0 Å². The first-order valence-electron chi connectivity index (χ1n) is 4.43. The zero-order valence-corrected chi connectivity index (χ0v) is 8.31. The predicted octanol–water partition coefficient (Wildman–Crippen LogP) is 3.19. The highest BCUT2D eigenvalue weighted by Crippen LogP contribution is 2.14. The molecule has 0 rings (SSSR count). The van der Waals surface area contributed by atoms with Crippen molar-refractivity contribution in [3.05, 3.63) is 6.92 Å². The fraction of sp³-hybridized carbons (Fsp3) is 0.900. The highest BCUT2D eigenvalue weighted by atomic mass is 16.5. The molecular formula is C10H21O. The maximum atomic E-state index is 5.71. The van der Waals surface area contributed by atoms with E-state index in [9.17, 15) is 0 Å². The summed E-state index contributed by atoms with van der Waals surface area (Å²) in [6.07, 6.45) is 3.67. The quantitative estimate of drug-likeness (QED) is 0.609. The van der Waals surface area contributed by atoms with E-state index in [2.05, 4.69) is 34.6 Å². The van der Waals surface area contributed by atoms with Gasteiger partial charge in [-0.2, -0.15) is 0 Å². The lowest BCUT2D eigenvalue weighted by Gasteiger charge is -2.24. The summed E-state index contributed by atoms with van der Waals surface area (Å²) < 4.78 is 5.71. The molecule has 11 heavy (non-hydrogen) atoms. The molecule has 0 aromatic heterocycles. The van der Waals surface area contributed by atoms with E-state index < -0.39 is 0 Å². The third-order valence-corrected chi connectivity index (χ3v) is 1.42. The summed E-state index contributed by atoms with van der Waals surface area (Å²) in [6.45, 7) is 12.2. The summed E-state index contributed by atoms with van der Waals surface area (Å²) >= 11 is 0. The first-order valence-corrected chi connectivity index (χ1v) is 4.43. The summed E-state index contributed by atoms with van der Waals surface area (Å²) in [7, 11) is 0. The minimum absolute atomic E-state index is 0.000582. The van der Waals surface area contributed by atoms with E-state index in [1.165, 1.54) is 0 Å². The molecule has 1 unspecified atom stereocenters. The van der Waals surface area contributed by atoms with Gasteiger partial charge in [0, 0.05) is 0 Å². The normalized spacial score (nSPS) is 15.0. The standard InChI is InChI=1S/C10H21O/c1-6-7-8-9(2)11-10(3,4)5/h9H,1,6-8H2,2-5H3. The fourth-order valence-corrected chi connectivity index (χ4v) is 1.09. The third kappa shape index (κ3) is 7.86. The second-order valence-electron chi connectivity index (χ2n) is 4.04. The fourth-order valence-electron chi connectivity index (χ4n) is 1.09. The predicted molar refractivity (Wildman–Crippen MR) is 49.5 cm³/mol. The van der Waals surface area contributed by atoms with Crippen LogP contribution in [0.4, 0.5) is 0 Å². The van der Waals surface area contributed by atoms with Crippen LogP contribution in [-0.2, 0) is 4.74 Å². The lowest BCUT2D eigenvalue weighted by molar-refractivity contribution is -0.0546. The van der Waals surface area contributed by atoms with E-state index in [1.807, 2.05) is 0 Å². The number of hydrogen-bond donors (Lipinski definition) is 0. The first kappa shape index (κ1) is 11.0. The lowest BCUT2D eigenvalue weighted by atomic mass is 10.1. The molecule has 0 aromatic rings. The van der Waals surface area contributed by atoms with E-state index in [0.29, 0.717) is 6.10 Å². The van der Waals surface area contributed by atoms with Crippen LogP contribution in [0.25, 0.3) is 0 Å². The molecule has 67 valence electrons. The SMILES string of the molecule is [CH2]CCCC(C)OC(C)(C)C. The number of ether oxygens (including phenoxy) is 1. The average Bonchev–Trinajstić information content (AvgIpc) is 1.79. The third-order valence-electron chi connectivity index (χ3n) is 1.42. The molecule has 0 aliphatic carbocycles. The summed E-state index contributed by atoms with van der Waals surface area (Å²) in [6, 6.07) is 0. The van der Waals surface area contributed by atoms with E-state index in [4.69, 9.17) is 4.74 Å². The Morgan fingerprint density at radius 3 is 2.27 bits per heavy atom. The minimum atomic E-state index is 0.000582. The molecule has 0 amide bonds. The Kier molecular flexibility index (Phi) is 4.74. The summed E-state index contributed by atoms with van der Waals surface area (Å²) in [5.74, 6) is 0. The van der Waals surface area contributed by atoms with Gasteiger partial charge in [-0.15, -0.1) is 0 Å². The molecule has 1 nitrogen and oxygen atoms in total. The van der Waals surface area contributed by atoms with Gasteiger partial charge in [0.2, 0.25) is 0 Å². The molecule has 0 heterocycles. The van der Waals surface area contributed by atoms with Crippen molar-refractivity contribution in [1.82, 2.24) is 0 Å². The minimum Gasteiger partial charge on any atom is -0.373 e. The van der Waals surface area contributed by atoms with Crippen molar-refractivity contribution >= 4 is 0 Å². The van der Waals surface area contributed by atoms with Crippen LogP contribution in [0, 0.1) is 6.92 Å². The molecule has 1 radical (unpaired) electrons. The number of rotatable bonds is 4. The Bertz CT molecular complexity index is 91.5. The van der Waals surface area contributed by atoms with Crippen LogP contribution in [0.2, 0.25) is 0 Å². The first-order chi connectivity index (χ1) is 4.95. The van der Waals surface area contributed by atoms with Gasteiger partial charge >= 0.3 is 0 Å². The highest BCUT2D eigenvalue weighted by molar-refractivity contribution is 4.63. The van der Waals surface area contributed by atoms with Crippen molar-refractivity contribution in [2.24, 2.45) is 0 Å². The molecular weight excluding hydrogens is 136 g/mol. The maximum Gasteiger partial charge on any atom is 0.0602 e. The smallest absolute Gasteiger partial charge is 0.0602 e. The van der Waals surface area contributed by atoms with E-state index in [0.717, 1.165) is 19.3 Å². The van der Waals surface area contributed by atoms with Crippen LogP contribution < -0.4 is 0 Å². The van der Waals surface area contributed by atoms with Crippen LogP contribution in [0.5, 0.6) is 0 Å². The van der Waals surface area contributed by atoms with Gasteiger partial charge in [0.25, 0.3) is 0 Å². The van der Waals surface area contributed by atoms with Crippen molar-refractivity contribution in [3.63, 3.8) is 0 Å². The van der Waals surface area contributed by atoms with Gasteiger partial charge in [-0.05, 0) is 34.1 Å². The van der Waals surface area contributed by atoms with Gasteiger partial charge in [-0.3, -0.25) is 0 Å². The molecule has 1 atom stereocenters. The van der Waals surface area contributed by atoms with Gasteiger partial charge in [-0.1, -0.05) is 19.8 Å². The Morgan fingerprint density at radius 2 is 1.91 bits per heavy atom. The Balaban J connectivity index is 3.44. The largest absolute Gasteiger partial charge is 0.373 e. The molecule has 0 saturated carbocycles.